The summed E-state index contributed by atoms with van der Waals surface area (Å²) in [6.07, 6.45) is -0.793. The minimum absolute atomic E-state index is 0.00727. The maximum atomic E-state index is 12.5. The number of fused-ring (bicyclic) bond motifs is 1. The van der Waals surface area contributed by atoms with Crippen LogP contribution in [0.3, 0.4) is 0 Å². The molecular formula is C17H23N5O6. The minimum atomic E-state index is -0.901. The van der Waals surface area contributed by atoms with E-state index in [1.807, 2.05) is 0 Å². The first-order valence-corrected chi connectivity index (χ1v) is 8.86. The molecule has 1 aliphatic heterocycles. The maximum Gasteiger partial charge on any atom is 0.301 e. The van der Waals surface area contributed by atoms with Gasteiger partial charge >= 0.3 is 6.01 Å². The van der Waals surface area contributed by atoms with E-state index >= 15 is 0 Å². The van der Waals surface area contributed by atoms with Crippen LogP contribution in [0.5, 0.6) is 6.01 Å². The number of hydrogen-bond donors (Lipinski definition) is 4. The van der Waals surface area contributed by atoms with Crippen LogP contribution < -0.4 is 15.6 Å². The molecule has 0 unspecified atom stereocenters. The van der Waals surface area contributed by atoms with E-state index in [1.165, 1.54) is 10.6 Å². The van der Waals surface area contributed by atoms with Crippen molar-refractivity contribution in [2.24, 2.45) is 5.92 Å². The van der Waals surface area contributed by atoms with Crippen molar-refractivity contribution >= 4 is 23.0 Å². The summed E-state index contributed by atoms with van der Waals surface area (Å²) in [7, 11) is 0. The number of carbonyl (C=O) groups excluding carboxylic acids is 1. The van der Waals surface area contributed by atoms with Gasteiger partial charge in [0.05, 0.1) is 12.7 Å². The van der Waals surface area contributed by atoms with Crippen molar-refractivity contribution in [3.63, 3.8) is 0 Å². The van der Waals surface area contributed by atoms with Crippen molar-refractivity contribution in [3.05, 3.63) is 23.0 Å². The molecule has 0 spiro atoms. The van der Waals surface area contributed by atoms with Crippen molar-refractivity contribution in [1.82, 2.24) is 19.5 Å². The number of aliphatic hydroxyl groups excluding tert-OH is 2. The Morgan fingerprint density at radius 2 is 2.29 bits per heavy atom. The third-order valence-electron chi connectivity index (χ3n) is 4.29. The van der Waals surface area contributed by atoms with Gasteiger partial charge in [-0.05, 0) is 0 Å². The fourth-order valence-electron chi connectivity index (χ4n) is 2.82. The highest BCUT2D eigenvalue weighted by Crippen LogP contribution is 2.34. The molecule has 0 aromatic carbocycles. The number of nitrogens with zero attached hydrogens (tertiary/aromatic N) is 3. The molecule has 2 aromatic heterocycles. The zero-order chi connectivity index (χ0) is 20.4. The second-order valence-electron chi connectivity index (χ2n) is 6.71. The largest absolute Gasteiger partial charge is 0.460 e. The van der Waals surface area contributed by atoms with Crippen LogP contribution in [0.15, 0.2) is 17.4 Å². The van der Waals surface area contributed by atoms with Gasteiger partial charge in [-0.25, -0.2) is 0 Å². The Morgan fingerprint density at radius 1 is 1.54 bits per heavy atom. The topological polar surface area (TPSA) is 152 Å². The number of imidazole rings is 1. The van der Waals surface area contributed by atoms with Crippen LogP contribution in [0.4, 0.5) is 5.95 Å². The van der Waals surface area contributed by atoms with Crippen molar-refractivity contribution in [3.8, 4) is 6.01 Å². The third-order valence-corrected chi connectivity index (χ3v) is 4.29. The Labute approximate surface area is 160 Å². The van der Waals surface area contributed by atoms with Crippen LogP contribution in [0.25, 0.3) is 11.2 Å². The number of nitrogens with one attached hydrogen (secondary N) is 2. The number of aliphatic hydroxyl groups is 2. The fourth-order valence-corrected chi connectivity index (χ4v) is 2.82. The number of aromatic amines is 1. The Hall–Kier alpha value is -2.76. The molecule has 28 heavy (non-hydrogen) atoms. The zero-order valence-electron chi connectivity index (χ0n) is 15.6. The number of ether oxygens (including phenoxy) is 2. The van der Waals surface area contributed by atoms with E-state index in [9.17, 15) is 19.8 Å². The number of hydrogen-bond acceptors (Lipinski definition) is 8. The van der Waals surface area contributed by atoms with Crippen molar-refractivity contribution < 1.29 is 24.5 Å². The van der Waals surface area contributed by atoms with Gasteiger partial charge in [0.1, 0.15) is 18.9 Å². The predicted octanol–water partition coefficient (Wildman–Crippen LogP) is -0.0804. The van der Waals surface area contributed by atoms with Gasteiger partial charge in [-0.3, -0.25) is 24.5 Å². The molecular weight excluding hydrogens is 370 g/mol. The van der Waals surface area contributed by atoms with Crippen LogP contribution in [-0.2, 0) is 9.53 Å². The maximum absolute atomic E-state index is 12.5. The minimum Gasteiger partial charge on any atom is -0.460 e. The van der Waals surface area contributed by atoms with Crippen molar-refractivity contribution in [1.29, 1.82) is 0 Å². The second-order valence-corrected chi connectivity index (χ2v) is 6.71. The van der Waals surface area contributed by atoms with Gasteiger partial charge in [0.2, 0.25) is 11.9 Å². The van der Waals surface area contributed by atoms with Gasteiger partial charge in [-0.2, -0.15) is 9.97 Å². The highest BCUT2D eigenvalue weighted by Gasteiger charge is 2.37. The molecule has 11 heteroatoms. The average Bonchev–Trinajstić information content (AvgIpc) is 3.19. The summed E-state index contributed by atoms with van der Waals surface area (Å²) in [5.41, 5.74) is -0.451. The van der Waals surface area contributed by atoms with Gasteiger partial charge in [0, 0.05) is 12.3 Å². The third kappa shape index (κ3) is 3.77. The Kier molecular flexibility index (Phi) is 5.77. The van der Waals surface area contributed by atoms with Crippen molar-refractivity contribution in [2.75, 3.05) is 18.5 Å². The summed E-state index contributed by atoms with van der Waals surface area (Å²) in [6.45, 7) is 6.75. The molecule has 4 N–H and O–H groups in total. The first kappa shape index (κ1) is 20.0. The smallest absolute Gasteiger partial charge is 0.301 e. The SMILES string of the molecule is C=CCOc1nc2c(=O)[nH]c(NC(=O)C(C)C)nc2n1[C@H]1C[C@@H](O)[C@@H](CO)O1. The summed E-state index contributed by atoms with van der Waals surface area (Å²) >= 11 is 0. The first-order chi connectivity index (χ1) is 13.3. The van der Waals surface area contributed by atoms with Crippen LogP contribution in [0, 0.1) is 5.92 Å². The number of rotatable bonds is 7. The fraction of sp³-hybridized carbons (Fsp3) is 0.529. The standard InChI is InChI=1S/C17H23N5O6/c1-4-5-27-17-18-12-13(22(17)11-6-9(24)10(7-23)28-11)19-16(21-15(12)26)20-14(25)8(2)3/h4,8-11,23-24H,1,5-7H2,2-3H3,(H2,19,20,21,25,26)/t9-,10-,11-/m1/s1. The van der Waals surface area contributed by atoms with Gasteiger partial charge in [-0.1, -0.05) is 26.5 Å². The molecule has 0 radical (unpaired) electrons. The molecule has 3 atom stereocenters. The predicted molar refractivity (Wildman–Crippen MR) is 98.9 cm³/mol. The molecule has 2 aromatic rings. The summed E-state index contributed by atoms with van der Waals surface area (Å²) in [5.74, 6) is -0.662. The van der Waals surface area contributed by atoms with Gasteiger partial charge in [0.15, 0.2) is 11.2 Å². The molecule has 1 amide bonds. The summed E-state index contributed by atoms with van der Waals surface area (Å²) in [5, 5.41) is 21.9. The van der Waals surface area contributed by atoms with E-state index < -0.39 is 24.0 Å². The normalized spacial score (nSPS) is 22.0. The molecule has 11 nitrogen and oxygen atoms in total. The lowest BCUT2D eigenvalue weighted by Gasteiger charge is -2.16. The van der Waals surface area contributed by atoms with E-state index in [0.717, 1.165) is 0 Å². The molecule has 1 aliphatic rings. The molecule has 1 saturated heterocycles. The Bertz CT molecular complexity index is 936. The highest BCUT2D eigenvalue weighted by atomic mass is 16.6. The molecule has 0 bridgehead atoms. The number of carbonyl (C=O) groups is 1. The monoisotopic (exact) mass is 393 g/mol. The van der Waals surface area contributed by atoms with Gasteiger partial charge in [0.25, 0.3) is 5.56 Å². The second kappa shape index (κ2) is 8.09. The number of anilines is 1. The van der Waals surface area contributed by atoms with Crippen LogP contribution in [0.1, 0.15) is 26.5 Å². The molecule has 0 saturated carbocycles. The molecule has 1 fully saturated rings. The van der Waals surface area contributed by atoms with Crippen LogP contribution in [-0.4, -0.2) is 61.1 Å². The molecule has 152 valence electrons. The zero-order valence-corrected chi connectivity index (χ0v) is 15.6. The number of amides is 1. The lowest BCUT2D eigenvalue weighted by molar-refractivity contribution is -0.118. The molecule has 3 heterocycles. The highest BCUT2D eigenvalue weighted by molar-refractivity contribution is 5.91. The van der Waals surface area contributed by atoms with Crippen molar-refractivity contribution in [2.45, 2.75) is 38.7 Å². The summed E-state index contributed by atoms with van der Waals surface area (Å²) in [4.78, 5) is 35.4. The van der Waals surface area contributed by atoms with Gasteiger partial charge in [-0.15, -0.1) is 0 Å². The quantitative estimate of drug-likeness (QED) is 0.477. The van der Waals surface area contributed by atoms with Crippen LogP contribution >= 0.6 is 0 Å². The van der Waals surface area contributed by atoms with E-state index in [4.69, 9.17) is 9.47 Å². The number of aromatic nitrogens is 4. The summed E-state index contributed by atoms with van der Waals surface area (Å²) in [6, 6.07) is 0.0519. The van der Waals surface area contributed by atoms with E-state index in [-0.39, 0.29) is 54.6 Å². The Balaban J connectivity index is 2.09. The average molecular weight is 393 g/mol. The van der Waals surface area contributed by atoms with Crippen LogP contribution in [0.2, 0.25) is 0 Å². The number of H-pyrrole nitrogens is 1. The van der Waals surface area contributed by atoms with Gasteiger partial charge < -0.3 is 19.7 Å². The summed E-state index contributed by atoms with van der Waals surface area (Å²) < 4.78 is 12.6. The first-order valence-electron chi connectivity index (χ1n) is 8.86. The lowest BCUT2D eigenvalue weighted by Crippen LogP contribution is -2.24. The van der Waals surface area contributed by atoms with E-state index in [0.29, 0.717) is 0 Å². The molecule has 3 rings (SSSR count). The van der Waals surface area contributed by atoms with E-state index in [2.05, 4.69) is 26.8 Å². The lowest BCUT2D eigenvalue weighted by atomic mass is 10.2. The molecule has 0 aliphatic carbocycles. The van der Waals surface area contributed by atoms with E-state index in [1.54, 1.807) is 13.8 Å². The Morgan fingerprint density at radius 3 is 2.89 bits per heavy atom.